The fourth-order valence-corrected chi connectivity index (χ4v) is 3.76. The van der Waals surface area contributed by atoms with Gasteiger partial charge in [-0.1, -0.05) is 0 Å². The minimum atomic E-state index is -1.20. The van der Waals surface area contributed by atoms with E-state index in [1.54, 1.807) is 0 Å². The van der Waals surface area contributed by atoms with Crippen LogP contribution in [0.1, 0.15) is 45.4 Å². The summed E-state index contributed by atoms with van der Waals surface area (Å²) in [6, 6.07) is 0. The number of hydrogen-bond donors (Lipinski definition) is 0. The Hall–Kier alpha value is 0.679. The van der Waals surface area contributed by atoms with Crippen molar-refractivity contribution in [1.29, 1.82) is 0 Å². The van der Waals surface area contributed by atoms with Crippen LogP contribution in [0.3, 0.4) is 0 Å². The molecule has 1 saturated heterocycles. The van der Waals surface area contributed by atoms with Gasteiger partial charge >= 0.3 is 111 Å². The van der Waals surface area contributed by atoms with Crippen LogP contribution < -0.4 is 0 Å². The SMILES string of the molecule is CCCCCCCCN1CC[O][SnH2][O]CC1. The fourth-order valence-electron chi connectivity index (χ4n) is 2.02. The van der Waals surface area contributed by atoms with E-state index in [0.717, 1.165) is 26.3 Å². The topological polar surface area (TPSA) is 21.7 Å². The molecule has 4 heteroatoms. The first-order valence-electron chi connectivity index (χ1n) is 6.81. The molecule has 1 aliphatic heterocycles. The first kappa shape index (κ1) is 14.7. The molecule has 0 unspecified atom stereocenters. The Kier molecular flexibility index (Phi) is 9.96. The Bertz CT molecular complexity index is 150. The van der Waals surface area contributed by atoms with Crippen molar-refractivity contribution in [3.05, 3.63) is 0 Å². The third-order valence-corrected chi connectivity index (χ3v) is 5.70. The van der Waals surface area contributed by atoms with Crippen LogP contribution in [-0.2, 0) is 6.15 Å². The summed E-state index contributed by atoms with van der Waals surface area (Å²) >= 11 is -1.20. The summed E-state index contributed by atoms with van der Waals surface area (Å²) in [4.78, 5) is 2.49. The molecule has 0 bridgehead atoms. The number of rotatable bonds is 7. The molecule has 16 heavy (non-hydrogen) atoms. The predicted molar refractivity (Wildman–Crippen MR) is 70.3 cm³/mol. The summed E-state index contributed by atoms with van der Waals surface area (Å²) in [5.74, 6) is 0. The van der Waals surface area contributed by atoms with Crippen molar-refractivity contribution in [2.24, 2.45) is 0 Å². The Labute approximate surface area is 111 Å². The Morgan fingerprint density at radius 1 is 0.938 bits per heavy atom. The van der Waals surface area contributed by atoms with Gasteiger partial charge in [0.25, 0.3) is 0 Å². The van der Waals surface area contributed by atoms with Gasteiger partial charge in [-0.25, -0.2) is 0 Å². The van der Waals surface area contributed by atoms with Crippen LogP contribution >= 0.6 is 0 Å². The zero-order valence-corrected chi connectivity index (χ0v) is 14.8. The molecule has 0 N–H and O–H groups in total. The first-order valence-corrected chi connectivity index (χ1v) is 10.1. The van der Waals surface area contributed by atoms with E-state index in [4.69, 9.17) is 6.15 Å². The quantitative estimate of drug-likeness (QED) is 0.522. The summed E-state index contributed by atoms with van der Waals surface area (Å²) in [6.45, 7) is 7.56. The molecule has 0 radical (unpaired) electrons. The molecule has 96 valence electrons. The third-order valence-electron chi connectivity index (χ3n) is 3.10. The summed E-state index contributed by atoms with van der Waals surface area (Å²) in [7, 11) is 0. The van der Waals surface area contributed by atoms with Crippen molar-refractivity contribution < 1.29 is 6.15 Å². The van der Waals surface area contributed by atoms with Gasteiger partial charge in [0.05, 0.1) is 0 Å². The molecule has 1 heterocycles. The molecule has 0 aromatic heterocycles. The van der Waals surface area contributed by atoms with Crippen LogP contribution in [0.15, 0.2) is 0 Å². The van der Waals surface area contributed by atoms with Gasteiger partial charge in [-0.15, -0.1) is 0 Å². The maximum absolute atomic E-state index is 5.51. The van der Waals surface area contributed by atoms with Gasteiger partial charge in [-0.3, -0.25) is 0 Å². The molecular weight excluding hydrogens is 309 g/mol. The number of nitrogens with zero attached hydrogens (tertiary/aromatic N) is 1. The zero-order valence-electron chi connectivity index (χ0n) is 10.7. The van der Waals surface area contributed by atoms with Crippen LogP contribution in [0.2, 0.25) is 0 Å². The second-order valence-corrected chi connectivity index (χ2v) is 7.55. The van der Waals surface area contributed by atoms with Crippen LogP contribution in [0.5, 0.6) is 0 Å². The molecule has 0 aromatic carbocycles. The minimum absolute atomic E-state index is 0.909. The van der Waals surface area contributed by atoms with Crippen molar-refractivity contribution in [2.45, 2.75) is 45.4 Å². The van der Waals surface area contributed by atoms with Gasteiger partial charge in [0.15, 0.2) is 0 Å². The molecule has 3 nitrogen and oxygen atoms in total. The molecule has 0 aromatic rings. The zero-order chi connectivity index (χ0) is 11.5. The van der Waals surface area contributed by atoms with E-state index in [9.17, 15) is 0 Å². The standard InChI is InChI=1S/C12H25NO2.Sn.2H/c1-2-3-4-5-6-7-8-13(9-11-14)10-12-15;;;/h2-12H2,1H3;;;/q-2;+2;;. The molecule has 1 fully saturated rings. The summed E-state index contributed by atoms with van der Waals surface area (Å²) in [6.07, 6.45) is 8.29. The normalized spacial score (nSPS) is 19.3. The molecular formula is C12H27NO2Sn. The van der Waals surface area contributed by atoms with Gasteiger partial charge in [0.1, 0.15) is 0 Å². The van der Waals surface area contributed by atoms with Gasteiger partial charge in [-0.05, 0) is 0 Å². The van der Waals surface area contributed by atoms with Crippen molar-refractivity contribution in [2.75, 3.05) is 32.8 Å². The van der Waals surface area contributed by atoms with Crippen molar-refractivity contribution >= 4 is 22.0 Å². The van der Waals surface area contributed by atoms with Crippen LogP contribution in [-0.4, -0.2) is 59.7 Å². The first-order chi connectivity index (χ1) is 7.93. The summed E-state index contributed by atoms with van der Waals surface area (Å²) < 4.78 is 11.0. The van der Waals surface area contributed by atoms with Crippen molar-refractivity contribution in [3.8, 4) is 0 Å². The van der Waals surface area contributed by atoms with Crippen LogP contribution in [0.25, 0.3) is 0 Å². The van der Waals surface area contributed by atoms with Gasteiger partial charge in [0, 0.05) is 0 Å². The summed E-state index contributed by atoms with van der Waals surface area (Å²) in [5, 5.41) is 0. The Morgan fingerprint density at radius 2 is 1.56 bits per heavy atom. The third kappa shape index (κ3) is 7.87. The fraction of sp³-hybridized carbons (Fsp3) is 1.00. The maximum atomic E-state index is 5.51. The van der Waals surface area contributed by atoms with Crippen molar-refractivity contribution in [1.82, 2.24) is 4.90 Å². The Morgan fingerprint density at radius 3 is 2.25 bits per heavy atom. The molecule has 1 aliphatic rings. The van der Waals surface area contributed by atoms with Gasteiger partial charge in [0.2, 0.25) is 0 Å². The average molecular weight is 336 g/mol. The molecule has 0 amide bonds. The predicted octanol–water partition coefficient (Wildman–Crippen LogP) is 1.69. The van der Waals surface area contributed by atoms with Gasteiger partial charge < -0.3 is 0 Å². The van der Waals surface area contributed by atoms with Gasteiger partial charge in [-0.2, -0.15) is 0 Å². The van der Waals surface area contributed by atoms with E-state index in [2.05, 4.69) is 11.8 Å². The van der Waals surface area contributed by atoms with E-state index < -0.39 is 22.0 Å². The van der Waals surface area contributed by atoms with E-state index in [0.29, 0.717) is 0 Å². The average Bonchev–Trinajstić information content (AvgIpc) is 2.25. The Balaban J connectivity index is 1.93. The second kappa shape index (κ2) is 10.8. The van der Waals surface area contributed by atoms with E-state index >= 15 is 0 Å². The molecule has 0 spiro atoms. The molecule has 1 rings (SSSR count). The number of hydrogen-bond acceptors (Lipinski definition) is 3. The van der Waals surface area contributed by atoms with E-state index in [1.807, 2.05) is 0 Å². The molecule has 0 aliphatic carbocycles. The van der Waals surface area contributed by atoms with Crippen molar-refractivity contribution in [3.63, 3.8) is 0 Å². The monoisotopic (exact) mass is 337 g/mol. The van der Waals surface area contributed by atoms with E-state index in [1.165, 1.54) is 45.1 Å². The van der Waals surface area contributed by atoms with Crippen LogP contribution in [0, 0.1) is 0 Å². The molecule has 0 atom stereocenters. The molecule has 0 saturated carbocycles. The van der Waals surface area contributed by atoms with Crippen LogP contribution in [0.4, 0.5) is 0 Å². The second-order valence-electron chi connectivity index (χ2n) is 4.54. The van der Waals surface area contributed by atoms with E-state index in [-0.39, 0.29) is 0 Å². The summed E-state index contributed by atoms with van der Waals surface area (Å²) in [5.41, 5.74) is 0. The number of unbranched alkanes of at least 4 members (excludes halogenated alkanes) is 5.